The van der Waals surface area contributed by atoms with Crippen molar-refractivity contribution in [3.63, 3.8) is 0 Å². The minimum Gasteiger partial charge on any atom is -0.378 e. The molecule has 1 fully saturated rings. The number of carbonyl (C=O) groups excluding carboxylic acids is 2. The monoisotopic (exact) mass is 340 g/mol. The van der Waals surface area contributed by atoms with E-state index in [-0.39, 0.29) is 5.91 Å². The fraction of sp³-hybridized carbons (Fsp3) is 0.263. The second-order valence-corrected chi connectivity index (χ2v) is 5.89. The van der Waals surface area contributed by atoms with E-state index in [0.717, 1.165) is 16.7 Å². The largest absolute Gasteiger partial charge is 0.378 e. The van der Waals surface area contributed by atoms with Gasteiger partial charge in [-0.3, -0.25) is 14.8 Å². The standard InChI is InChI=1S/C19H20N2O4/c22-18(21-8-10-25-11-9-21)13-14-2-1-3-17(12-14)15-4-6-16(7-5-15)19(23)20-24/h1-7,12,24H,8-11,13H2,(H,20,23). The molecule has 0 bridgehead atoms. The van der Waals surface area contributed by atoms with E-state index >= 15 is 0 Å². The third-order valence-corrected chi connectivity index (χ3v) is 4.23. The third kappa shape index (κ3) is 4.23. The van der Waals surface area contributed by atoms with Crippen molar-refractivity contribution in [2.75, 3.05) is 26.3 Å². The van der Waals surface area contributed by atoms with Crippen molar-refractivity contribution in [2.24, 2.45) is 0 Å². The SMILES string of the molecule is O=C(NO)c1ccc(-c2cccc(CC(=O)N3CCOCC3)c2)cc1. The minimum atomic E-state index is -0.545. The molecule has 2 aromatic carbocycles. The normalized spacial score (nSPS) is 14.2. The molecule has 6 heteroatoms. The second-order valence-electron chi connectivity index (χ2n) is 5.89. The topological polar surface area (TPSA) is 78.9 Å². The Hall–Kier alpha value is -2.70. The number of carbonyl (C=O) groups is 2. The summed E-state index contributed by atoms with van der Waals surface area (Å²) in [5.41, 5.74) is 4.86. The van der Waals surface area contributed by atoms with Crippen molar-refractivity contribution >= 4 is 11.8 Å². The van der Waals surface area contributed by atoms with Crippen molar-refractivity contribution < 1.29 is 19.5 Å². The van der Waals surface area contributed by atoms with Crippen molar-refractivity contribution in [1.82, 2.24) is 10.4 Å². The lowest BCUT2D eigenvalue weighted by Crippen LogP contribution is -2.41. The molecule has 0 spiro atoms. The number of nitrogens with one attached hydrogen (secondary N) is 1. The first-order valence-electron chi connectivity index (χ1n) is 8.17. The van der Waals surface area contributed by atoms with Crippen LogP contribution < -0.4 is 5.48 Å². The van der Waals surface area contributed by atoms with Crippen LogP contribution in [0.4, 0.5) is 0 Å². The fourth-order valence-electron chi connectivity index (χ4n) is 2.84. The Balaban J connectivity index is 1.72. The van der Waals surface area contributed by atoms with Crippen molar-refractivity contribution in [1.29, 1.82) is 0 Å². The average molecular weight is 340 g/mol. The number of amides is 2. The van der Waals surface area contributed by atoms with Gasteiger partial charge < -0.3 is 9.64 Å². The Morgan fingerprint density at radius 1 is 1.04 bits per heavy atom. The second kappa shape index (κ2) is 7.92. The molecule has 2 aromatic rings. The van der Waals surface area contributed by atoms with Gasteiger partial charge in [0.05, 0.1) is 19.6 Å². The van der Waals surface area contributed by atoms with Crippen LogP contribution in [-0.2, 0) is 16.0 Å². The van der Waals surface area contributed by atoms with E-state index in [0.29, 0.717) is 38.3 Å². The number of ether oxygens (including phenoxy) is 1. The highest BCUT2D eigenvalue weighted by molar-refractivity contribution is 5.93. The van der Waals surface area contributed by atoms with Gasteiger partial charge >= 0.3 is 0 Å². The number of benzene rings is 2. The zero-order valence-electron chi connectivity index (χ0n) is 13.8. The predicted octanol–water partition coefficient (Wildman–Crippen LogP) is 1.87. The molecule has 0 radical (unpaired) electrons. The molecule has 3 rings (SSSR count). The van der Waals surface area contributed by atoms with E-state index in [1.165, 1.54) is 0 Å². The van der Waals surface area contributed by atoms with Crippen molar-refractivity contribution in [2.45, 2.75) is 6.42 Å². The van der Waals surface area contributed by atoms with E-state index in [4.69, 9.17) is 9.94 Å². The average Bonchev–Trinajstić information content (AvgIpc) is 2.68. The Morgan fingerprint density at radius 3 is 2.44 bits per heavy atom. The molecular weight excluding hydrogens is 320 g/mol. The molecule has 0 unspecified atom stereocenters. The van der Waals surface area contributed by atoms with Gasteiger partial charge in [-0.15, -0.1) is 0 Å². The lowest BCUT2D eigenvalue weighted by atomic mass is 10.0. The number of nitrogens with zero attached hydrogens (tertiary/aromatic N) is 1. The molecular formula is C19H20N2O4. The van der Waals surface area contributed by atoms with Gasteiger partial charge in [0.2, 0.25) is 5.91 Å². The van der Waals surface area contributed by atoms with Crippen LogP contribution in [0.5, 0.6) is 0 Å². The highest BCUT2D eigenvalue weighted by Gasteiger charge is 2.17. The first kappa shape index (κ1) is 17.1. The van der Waals surface area contributed by atoms with E-state index in [1.807, 2.05) is 41.3 Å². The molecule has 130 valence electrons. The molecule has 0 aliphatic carbocycles. The summed E-state index contributed by atoms with van der Waals surface area (Å²) in [4.78, 5) is 25.6. The summed E-state index contributed by atoms with van der Waals surface area (Å²) in [5, 5.41) is 8.66. The van der Waals surface area contributed by atoms with E-state index in [2.05, 4.69) is 0 Å². The maximum atomic E-state index is 12.4. The Bertz CT molecular complexity index is 752. The number of rotatable bonds is 4. The lowest BCUT2D eigenvalue weighted by Gasteiger charge is -2.26. The smallest absolute Gasteiger partial charge is 0.274 e. The fourth-order valence-corrected chi connectivity index (χ4v) is 2.84. The zero-order chi connectivity index (χ0) is 17.6. The van der Waals surface area contributed by atoms with Gasteiger partial charge in [0.15, 0.2) is 0 Å². The van der Waals surface area contributed by atoms with Gasteiger partial charge in [0.1, 0.15) is 0 Å². The molecule has 1 aliphatic heterocycles. The molecule has 2 amide bonds. The Morgan fingerprint density at radius 2 is 1.76 bits per heavy atom. The van der Waals surface area contributed by atoms with Gasteiger partial charge in [0.25, 0.3) is 5.91 Å². The molecule has 1 aliphatic rings. The van der Waals surface area contributed by atoms with Gasteiger partial charge in [-0.2, -0.15) is 0 Å². The molecule has 1 heterocycles. The first-order chi connectivity index (χ1) is 12.2. The third-order valence-electron chi connectivity index (χ3n) is 4.23. The summed E-state index contributed by atoms with van der Waals surface area (Å²) in [6, 6.07) is 14.7. The van der Waals surface area contributed by atoms with E-state index in [1.54, 1.807) is 17.6 Å². The summed E-state index contributed by atoms with van der Waals surface area (Å²) in [6.07, 6.45) is 0.360. The van der Waals surface area contributed by atoms with Crippen LogP contribution in [0.1, 0.15) is 15.9 Å². The van der Waals surface area contributed by atoms with Gasteiger partial charge in [-0.05, 0) is 28.8 Å². The van der Waals surface area contributed by atoms with Crippen LogP contribution in [0.15, 0.2) is 48.5 Å². The number of hydrogen-bond acceptors (Lipinski definition) is 4. The number of hydrogen-bond donors (Lipinski definition) is 2. The van der Waals surface area contributed by atoms with Crippen LogP contribution in [0, 0.1) is 0 Å². The van der Waals surface area contributed by atoms with Crippen LogP contribution in [0.3, 0.4) is 0 Å². The number of morpholine rings is 1. The maximum absolute atomic E-state index is 12.4. The summed E-state index contributed by atoms with van der Waals surface area (Å²) < 4.78 is 5.27. The van der Waals surface area contributed by atoms with E-state index < -0.39 is 5.91 Å². The Labute approximate surface area is 146 Å². The van der Waals surface area contributed by atoms with Crippen LogP contribution >= 0.6 is 0 Å². The summed E-state index contributed by atoms with van der Waals surface area (Å²) >= 11 is 0. The zero-order valence-corrected chi connectivity index (χ0v) is 13.8. The summed E-state index contributed by atoms with van der Waals surface area (Å²) in [5.74, 6) is -0.438. The van der Waals surface area contributed by atoms with Crippen LogP contribution in [0.25, 0.3) is 11.1 Å². The van der Waals surface area contributed by atoms with Crippen molar-refractivity contribution in [3.05, 3.63) is 59.7 Å². The molecule has 2 N–H and O–H groups in total. The summed E-state index contributed by atoms with van der Waals surface area (Å²) in [7, 11) is 0. The molecule has 0 saturated carbocycles. The highest BCUT2D eigenvalue weighted by Crippen LogP contribution is 2.21. The molecule has 1 saturated heterocycles. The molecule has 25 heavy (non-hydrogen) atoms. The number of hydroxylamine groups is 1. The van der Waals surface area contributed by atoms with Gasteiger partial charge in [0, 0.05) is 18.7 Å². The first-order valence-corrected chi connectivity index (χ1v) is 8.17. The quantitative estimate of drug-likeness (QED) is 0.658. The summed E-state index contributed by atoms with van der Waals surface area (Å²) in [6.45, 7) is 2.49. The van der Waals surface area contributed by atoms with Gasteiger partial charge in [-0.25, -0.2) is 5.48 Å². The molecule has 0 aromatic heterocycles. The highest BCUT2D eigenvalue weighted by atomic mass is 16.5. The lowest BCUT2D eigenvalue weighted by molar-refractivity contribution is -0.134. The van der Waals surface area contributed by atoms with Crippen LogP contribution in [0.2, 0.25) is 0 Å². The minimum absolute atomic E-state index is 0.107. The van der Waals surface area contributed by atoms with Crippen molar-refractivity contribution in [3.8, 4) is 11.1 Å². The van der Waals surface area contributed by atoms with Gasteiger partial charge in [-0.1, -0.05) is 36.4 Å². The Kier molecular flexibility index (Phi) is 5.42. The maximum Gasteiger partial charge on any atom is 0.274 e. The molecule has 6 nitrogen and oxygen atoms in total. The van der Waals surface area contributed by atoms with Crippen LogP contribution in [-0.4, -0.2) is 48.2 Å². The predicted molar refractivity (Wildman–Crippen MR) is 92.2 cm³/mol. The molecule has 0 atom stereocenters. The van der Waals surface area contributed by atoms with E-state index in [9.17, 15) is 9.59 Å².